The van der Waals surface area contributed by atoms with E-state index >= 15 is 0 Å². The van der Waals surface area contributed by atoms with Gasteiger partial charge in [0.2, 0.25) is 0 Å². The number of rotatable bonds is 7. The zero-order valence-electron chi connectivity index (χ0n) is 17.0. The lowest BCUT2D eigenvalue weighted by Gasteiger charge is -2.30. The minimum absolute atomic E-state index is 0.129. The zero-order valence-corrected chi connectivity index (χ0v) is 17.0. The molecule has 0 saturated heterocycles. The quantitative estimate of drug-likeness (QED) is 0.556. The number of carbonyl (C=O) groups excluding carboxylic acids is 1. The summed E-state index contributed by atoms with van der Waals surface area (Å²) in [6, 6.07) is 6.13. The molecule has 0 N–H and O–H groups in total. The van der Waals surface area contributed by atoms with Crippen LogP contribution in [-0.4, -0.2) is 48.2 Å². The van der Waals surface area contributed by atoms with Gasteiger partial charge in [-0.3, -0.25) is 0 Å². The molecule has 0 saturated carbocycles. The molecule has 0 atom stereocenters. The van der Waals surface area contributed by atoms with Gasteiger partial charge in [0.15, 0.2) is 0 Å². The number of esters is 1. The summed E-state index contributed by atoms with van der Waals surface area (Å²) in [7, 11) is 5.59. The van der Waals surface area contributed by atoms with Crippen molar-refractivity contribution in [1.29, 1.82) is 0 Å². The molecular weight excluding hydrogens is 326 g/mol. The SMILES string of the molecule is COC(=O)/C=C/c1ccc2c(c1)nc(C(C)C)n2CC(C)(C)CN(C)C. The van der Waals surface area contributed by atoms with Crippen molar-refractivity contribution >= 4 is 23.1 Å². The average molecular weight is 357 g/mol. The summed E-state index contributed by atoms with van der Waals surface area (Å²) in [6.45, 7) is 10.8. The van der Waals surface area contributed by atoms with E-state index in [9.17, 15) is 4.79 Å². The Morgan fingerprint density at radius 1 is 1.35 bits per heavy atom. The highest BCUT2D eigenvalue weighted by molar-refractivity contribution is 5.88. The monoisotopic (exact) mass is 357 g/mol. The van der Waals surface area contributed by atoms with E-state index in [2.05, 4.69) is 62.1 Å². The van der Waals surface area contributed by atoms with Gasteiger partial charge < -0.3 is 14.2 Å². The third-order valence-electron chi connectivity index (χ3n) is 4.26. The number of hydrogen-bond donors (Lipinski definition) is 0. The smallest absolute Gasteiger partial charge is 0.330 e. The van der Waals surface area contributed by atoms with Crippen molar-refractivity contribution in [2.24, 2.45) is 5.41 Å². The molecule has 0 spiro atoms. The Labute approximate surface area is 156 Å². The molecule has 1 aromatic heterocycles. The molecular formula is C21H31N3O2. The number of imidazole rings is 1. The second kappa shape index (κ2) is 8.04. The molecule has 2 rings (SSSR count). The minimum atomic E-state index is -0.357. The second-order valence-corrected chi connectivity index (χ2v) is 8.22. The van der Waals surface area contributed by atoms with E-state index in [4.69, 9.17) is 4.98 Å². The van der Waals surface area contributed by atoms with Crippen molar-refractivity contribution in [3.8, 4) is 0 Å². The van der Waals surface area contributed by atoms with Crippen LogP contribution in [0.4, 0.5) is 0 Å². The lowest BCUT2D eigenvalue weighted by atomic mass is 9.92. The molecule has 0 aliphatic rings. The summed E-state index contributed by atoms with van der Waals surface area (Å²) in [5.41, 5.74) is 3.16. The van der Waals surface area contributed by atoms with E-state index in [-0.39, 0.29) is 11.4 Å². The van der Waals surface area contributed by atoms with E-state index in [1.165, 1.54) is 13.2 Å². The van der Waals surface area contributed by atoms with Crippen molar-refractivity contribution in [1.82, 2.24) is 14.5 Å². The Bertz CT molecular complexity index is 801. The Balaban J connectivity index is 2.44. The fraction of sp³-hybridized carbons (Fsp3) is 0.524. The molecule has 0 aliphatic carbocycles. The van der Waals surface area contributed by atoms with E-state index in [1.54, 1.807) is 6.08 Å². The van der Waals surface area contributed by atoms with Crippen molar-refractivity contribution in [2.75, 3.05) is 27.7 Å². The van der Waals surface area contributed by atoms with Crippen molar-refractivity contribution in [3.63, 3.8) is 0 Å². The number of benzene rings is 1. The van der Waals surface area contributed by atoms with E-state index in [0.29, 0.717) is 5.92 Å². The van der Waals surface area contributed by atoms with Crippen LogP contribution in [0.5, 0.6) is 0 Å². The van der Waals surface area contributed by atoms with Gasteiger partial charge in [0.25, 0.3) is 0 Å². The van der Waals surface area contributed by atoms with Crippen LogP contribution in [-0.2, 0) is 16.1 Å². The van der Waals surface area contributed by atoms with Gasteiger partial charge in [-0.1, -0.05) is 33.8 Å². The fourth-order valence-corrected chi connectivity index (χ4v) is 3.44. The summed E-state index contributed by atoms with van der Waals surface area (Å²) in [4.78, 5) is 18.4. The van der Waals surface area contributed by atoms with Crippen LogP contribution in [0.1, 0.15) is 45.0 Å². The van der Waals surface area contributed by atoms with Crippen molar-refractivity contribution in [3.05, 3.63) is 35.7 Å². The second-order valence-electron chi connectivity index (χ2n) is 8.22. The first-order valence-electron chi connectivity index (χ1n) is 9.04. The van der Waals surface area contributed by atoms with E-state index in [1.807, 2.05) is 12.1 Å². The zero-order chi connectivity index (χ0) is 19.5. The molecule has 1 aromatic carbocycles. The highest BCUT2D eigenvalue weighted by Crippen LogP contribution is 2.28. The predicted octanol–water partition coefficient (Wildman–Crippen LogP) is 3.93. The maximum absolute atomic E-state index is 11.3. The molecule has 0 amide bonds. The number of carbonyl (C=O) groups is 1. The summed E-state index contributed by atoms with van der Waals surface area (Å²) >= 11 is 0. The third-order valence-corrected chi connectivity index (χ3v) is 4.26. The van der Waals surface area contributed by atoms with Crippen LogP contribution in [0.25, 0.3) is 17.1 Å². The van der Waals surface area contributed by atoms with Gasteiger partial charge in [-0.2, -0.15) is 0 Å². The Kier molecular flexibility index (Phi) is 6.24. The van der Waals surface area contributed by atoms with Crippen LogP contribution in [0, 0.1) is 5.41 Å². The average Bonchev–Trinajstić information content (AvgIpc) is 2.88. The minimum Gasteiger partial charge on any atom is -0.466 e. The summed E-state index contributed by atoms with van der Waals surface area (Å²) < 4.78 is 7.00. The van der Waals surface area contributed by atoms with Crippen LogP contribution in [0.2, 0.25) is 0 Å². The Morgan fingerprint density at radius 3 is 2.62 bits per heavy atom. The number of nitrogens with zero attached hydrogens (tertiary/aromatic N) is 3. The lowest BCUT2D eigenvalue weighted by molar-refractivity contribution is -0.134. The molecule has 2 aromatic rings. The molecule has 0 bridgehead atoms. The molecule has 0 aliphatic heterocycles. The number of ether oxygens (including phenoxy) is 1. The largest absolute Gasteiger partial charge is 0.466 e. The summed E-state index contributed by atoms with van der Waals surface area (Å²) in [6.07, 6.45) is 3.19. The highest BCUT2D eigenvalue weighted by atomic mass is 16.5. The van der Waals surface area contributed by atoms with E-state index in [0.717, 1.165) is 35.5 Å². The number of fused-ring (bicyclic) bond motifs is 1. The van der Waals surface area contributed by atoms with Gasteiger partial charge in [-0.15, -0.1) is 0 Å². The first kappa shape index (κ1) is 20.2. The molecule has 26 heavy (non-hydrogen) atoms. The van der Waals surface area contributed by atoms with Gasteiger partial charge in [0, 0.05) is 25.1 Å². The maximum atomic E-state index is 11.3. The van der Waals surface area contributed by atoms with Crippen LogP contribution in [0.3, 0.4) is 0 Å². The van der Waals surface area contributed by atoms with Gasteiger partial charge >= 0.3 is 5.97 Å². The van der Waals surface area contributed by atoms with E-state index < -0.39 is 0 Å². The number of hydrogen-bond acceptors (Lipinski definition) is 4. The number of aromatic nitrogens is 2. The van der Waals surface area contributed by atoms with Crippen LogP contribution in [0.15, 0.2) is 24.3 Å². The Morgan fingerprint density at radius 2 is 2.04 bits per heavy atom. The fourth-order valence-electron chi connectivity index (χ4n) is 3.44. The highest BCUT2D eigenvalue weighted by Gasteiger charge is 2.23. The maximum Gasteiger partial charge on any atom is 0.330 e. The first-order valence-corrected chi connectivity index (χ1v) is 9.04. The Hall–Kier alpha value is -2.14. The van der Waals surface area contributed by atoms with Crippen LogP contribution >= 0.6 is 0 Å². The van der Waals surface area contributed by atoms with Gasteiger partial charge in [-0.25, -0.2) is 9.78 Å². The standard InChI is InChI=1S/C21H31N3O2/c1-15(2)20-22-17-12-16(9-11-19(25)26-7)8-10-18(17)24(20)14-21(3,4)13-23(5)6/h8-12,15H,13-14H2,1-7H3/b11-9+. The molecule has 0 unspecified atom stereocenters. The molecule has 0 radical (unpaired) electrons. The van der Waals surface area contributed by atoms with Crippen molar-refractivity contribution in [2.45, 2.75) is 40.2 Å². The predicted molar refractivity (Wildman–Crippen MR) is 107 cm³/mol. The summed E-state index contributed by atoms with van der Waals surface area (Å²) in [5, 5.41) is 0. The molecule has 0 fully saturated rings. The summed E-state index contributed by atoms with van der Waals surface area (Å²) in [5.74, 6) is 1.08. The molecule has 142 valence electrons. The molecule has 1 heterocycles. The van der Waals surface area contributed by atoms with Gasteiger partial charge in [0.1, 0.15) is 5.82 Å². The van der Waals surface area contributed by atoms with Gasteiger partial charge in [0.05, 0.1) is 18.1 Å². The first-order chi connectivity index (χ1) is 12.1. The molecule has 5 nitrogen and oxygen atoms in total. The normalized spacial score (nSPS) is 12.7. The van der Waals surface area contributed by atoms with Crippen molar-refractivity contribution < 1.29 is 9.53 Å². The van der Waals surface area contributed by atoms with Crippen LogP contribution < -0.4 is 0 Å². The molecule has 5 heteroatoms. The van der Waals surface area contributed by atoms with Gasteiger partial charge in [-0.05, 0) is 43.3 Å². The lowest BCUT2D eigenvalue weighted by Crippen LogP contribution is -2.33. The third kappa shape index (κ3) is 4.94. The topological polar surface area (TPSA) is 47.4 Å². The number of methoxy groups -OCH3 is 1.